The van der Waals surface area contributed by atoms with Crippen LogP contribution in [-0.2, 0) is 0 Å². The molecule has 1 atom stereocenters. The number of hydrogen-bond acceptors (Lipinski definition) is 4. The molecule has 0 amide bonds. The highest BCUT2D eigenvalue weighted by Gasteiger charge is 2.30. The maximum Gasteiger partial charge on any atom is 0.360 e. The minimum atomic E-state index is -1.05. The van der Waals surface area contributed by atoms with Gasteiger partial charge in [-0.3, -0.25) is 0 Å². The molecule has 0 saturated carbocycles. The molecule has 2 heterocycles. The first-order chi connectivity index (χ1) is 13.0. The highest BCUT2D eigenvalue weighted by Crippen LogP contribution is 2.31. The fourth-order valence-electron chi connectivity index (χ4n) is 3.57. The molecule has 0 bridgehead atoms. The number of nitrogens with zero attached hydrogens (tertiary/aromatic N) is 4. The van der Waals surface area contributed by atoms with Crippen molar-refractivity contribution in [3.63, 3.8) is 0 Å². The van der Waals surface area contributed by atoms with Gasteiger partial charge in [0.1, 0.15) is 0 Å². The molecule has 1 N–H and O–H groups in total. The third kappa shape index (κ3) is 3.30. The summed E-state index contributed by atoms with van der Waals surface area (Å²) in [5, 5.41) is 18.4. The molecule has 1 saturated heterocycles. The van der Waals surface area contributed by atoms with E-state index in [1.165, 1.54) is 15.9 Å². The highest BCUT2D eigenvalue weighted by atomic mass is 16.4. The van der Waals surface area contributed by atoms with Crippen molar-refractivity contribution < 1.29 is 9.90 Å². The van der Waals surface area contributed by atoms with E-state index >= 15 is 0 Å². The van der Waals surface area contributed by atoms with Gasteiger partial charge in [-0.1, -0.05) is 36.4 Å². The van der Waals surface area contributed by atoms with Gasteiger partial charge in [-0.25, -0.2) is 4.79 Å². The Balaban J connectivity index is 1.65. The summed E-state index contributed by atoms with van der Waals surface area (Å²) < 4.78 is 0. The molecule has 1 aromatic heterocycles. The Morgan fingerprint density at radius 1 is 1.07 bits per heavy atom. The molecule has 6 heteroatoms. The molecule has 0 aliphatic carbocycles. The smallest absolute Gasteiger partial charge is 0.360 e. The average Bonchev–Trinajstić information content (AvgIpc) is 3.31. The van der Waals surface area contributed by atoms with E-state index in [0.717, 1.165) is 30.8 Å². The first-order valence-corrected chi connectivity index (χ1v) is 9.11. The number of aromatic carboxylic acids is 1. The molecule has 27 heavy (non-hydrogen) atoms. The monoisotopic (exact) mass is 362 g/mol. The number of hydrogen-bond donors (Lipinski definition) is 1. The normalized spacial score (nSPS) is 16.7. The van der Waals surface area contributed by atoms with Crippen LogP contribution in [0.4, 0.5) is 5.82 Å². The third-order valence-corrected chi connectivity index (χ3v) is 5.28. The van der Waals surface area contributed by atoms with E-state index in [9.17, 15) is 9.90 Å². The number of benzene rings is 2. The highest BCUT2D eigenvalue weighted by molar-refractivity contribution is 5.91. The topological polar surface area (TPSA) is 71.2 Å². The van der Waals surface area contributed by atoms with Gasteiger partial charge in [0.15, 0.2) is 5.82 Å². The second kappa shape index (κ2) is 6.87. The molecule has 6 nitrogen and oxygen atoms in total. The Kier molecular flexibility index (Phi) is 4.39. The SMILES string of the molecule is Cc1ccc(-n2nc(C(=O)O)c(N3CC[C@@H](c4ccccc4)C3)n2)cc1C. The van der Waals surface area contributed by atoms with E-state index in [1.807, 2.05) is 55.1 Å². The number of rotatable bonds is 4. The molecular weight excluding hydrogens is 340 g/mol. The van der Waals surface area contributed by atoms with Crippen LogP contribution in [0.1, 0.15) is 39.5 Å². The lowest BCUT2D eigenvalue weighted by atomic mass is 9.99. The van der Waals surface area contributed by atoms with Gasteiger partial charge < -0.3 is 10.0 Å². The van der Waals surface area contributed by atoms with Gasteiger partial charge in [-0.05, 0) is 49.1 Å². The van der Waals surface area contributed by atoms with Gasteiger partial charge in [-0.2, -0.15) is 0 Å². The minimum Gasteiger partial charge on any atom is -0.476 e. The summed E-state index contributed by atoms with van der Waals surface area (Å²) in [4.78, 5) is 15.2. The molecule has 0 spiro atoms. The van der Waals surface area contributed by atoms with Crippen molar-refractivity contribution in [2.75, 3.05) is 18.0 Å². The first kappa shape index (κ1) is 17.3. The zero-order chi connectivity index (χ0) is 19.0. The van der Waals surface area contributed by atoms with Gasteiger partial charge >= 0.3 is 5.97 Å². The Morgan fingerprint density at radius 2 is 1.85 bits per heavy atom. The Labute approximate surface area is 158 Å². The summed E-state index contributed by atoms with van der Waals surface area (Å²) >= 11 is 0. The molecule has 1 aliphatic heterocycles. The van der Waals surface area contributed by atoms with Gasteiger partial charge in [0.25, 0.3) is 0 Å². The fraction of sp³-hybridized carbons (Fsp3) is 0.286. The van der Waals surface area contributed by atoms with Gasteiger partial charge in [-0.15, -0.1) is 15.0 Å². The lowest BCUT2D eigenvalue weighted by Crippen LogP contribution is -2.22. The molecule has 3 aromatic rings. The zero-order valence-electron chi connectivity index (χ0n) is 15.5. The first-order valence-electron chi connectivity index (χ1n) is 9.11. The molecule has 2 aromatic carbocycles. The molecule has 138 valence electrons. The average molecular weight is 362 g/mol. The van der Waals surface area contributed by atoms with Gasteiger partial charge in [0.2, 0.25) is 5.69 Å². The molecular formula is C21H22N4O2. The van der Waals surface area contributed by atoms with Crippen LogP contribution < -0.4 is 4.90 Å². The van der Waals surface area contributed by atoms with Gasteiger partial charge in [0.05, 0.1) is 5.69 Å². The Hall–Kier alpha value is -3.15. The summed E-state index contributed by atoms with van der Waals surface area (Å²) in [5.74, 6) is -0.234. The second-order valence-corrected chi connectivity index (χ2v) is 7.08. The van der Waals surface area contributed by atoms with Crippen LogP contribution in [0.2, 0.25) is 0 Å². The maximum absolute atomic E-state index is 11.8. The Morgan fingerprint density at radius 3 is 2.56 bits per heavy atom. The number of carboxylic acid groups (broad SMARTS) is 1. The predicted octanol–water partition coefficient (Wildman–Crippen LogP) is 3.58. The molecule has 1 aliphatic rings. The Bertz CT molecular complexity index is 981. The van der Waals surface area contributed by atoms with Crippen molar-refractivity contribution in [3.8, 4) is 5.69 Å². The summed E-state index contributed by atoms with van der Waals surface area (Å²) in [6.07, 6.45) is 0.972. The van der Waals surface area contributed by atoms with Crippen LogP contribution in [0, 0.1) is 13.8 Å². The zero-order valence-corrected chi connectivity index (χ0v) is 15.5. The number of aryl methyl sites for hydroxylation is 2. The second-order valence-electron chi connectivity index (χ2n) is 7.08. The van der Waals surface area contributed by atoms with E-state index in [0.29, 0.717) is 11.7 Å². The lowest BCUT2D eigenvalue weighted by molar-refractivity contribution is 0.0690. The molecule has 4 rings (SSSR count). The maximum atomic E-state index is 11.8. The van der Waals surface area contributed by atoms with E-state index in [4.69, 9.17) is 0 Å². The lowest BCUT2D eigenvalue weighted by Gasteiger charge is -2.16. The van der Waals surface area contributed by atoms with Gasteiger partial charge in [0, 0.05) is 19.0 Å². The van der Waals surface area contributed by atoms with Crippen molar-refractivity contribution in [1.82, 2.24) is 15.0 Å². The molecule has 0 radical (unpaired) electrons. The van der Waals surface area contributed by atoms with Crippen molar-refractivity contribution in [2.24, 2.45) is 0 Å². The van der Waals surface area contributed by atoms with E-state index < -0.39 is 5.97 Å². The number of aromatic nitrogens is 3. The number of carbonyl (C=O) groups is 1. The number of carboxylic acids is 1. The molecule has 0 unspecified atom stereocenters. The van der Waals surface area contributed by atoms with Crippen LogP contribution in [0.5, 0.6) is 0 Å². The third-order valence-electron chi connectivity index (χ3n) is 5.28. The van der Waals surface area contributed by atoms with Crippen molar-refractivity contribution >= 4 is 11.8 Å². The summed E-state index contributed by atoms with van der Waals surface area (Å²) in [5.41, 5.74) is 4.34. The largest absolute Gasteiger partial charge is 0.476 e. The van der Waals surface area contributed by atoms with Crippen LogP contribution >= 0.6 is 0 Å². The van der Waals surface area contributed by atoms with Crippen molar-refractivity contribution in [2.45, 2.75) is 26.2 Å². The summed E-state index contributed by atoms with van der Waals surface area (Å²) in [6.45, 7) is 5.57. The van der Waals surface area contributed by atoms with Crippen LogP contribution in [0.25, 0.3) is 5.69 Å². The van der Waals surface area contributed by atoms with E-state index in [1.54, 1.807) is 0 Å². The predicted molar refractivity (Wildman–Crippen MR) is 104 cm³/mol. The minimum absolute atomic E-state index is 0.00180. The quantitative estimate of drug-likeness (QED) is 0.768. The van der Waals surface area contributed by atoms with E-state index in [2.05, 4.69) is 22.3 Å². The van der Waals surface area contributed by atoms with Crippen LogP contribution in [-0.4, -0.2) is 39.2 Å². The molecule has 1 fully saturated rings. The van der Waals surface area contributed by atoms with E-state index in [-0.39, 0.29) is 5.69 Å². The number of anilines is 1. The van der Waals surface area contributed by atoms with Crippen LogP contribution in [0.3, 0.4) is 0 Å². The van der Waals surface area contributed by atoms with Crippen molar-refractivity contribution in [1.29, 1.82) is 0 Å². The standard InChI is InChI=1S/C21H22N4O2/c1-14-8-9-18(12-15(14)2)25-22-19(21(26)27)20(23-25)24-11-10-17(13-24)16-6-4-3-5-7-16/h3-9,12,17H,10-11,13H2,1-2H3,(H,26,27)/t17-/m1/s1. The van der Waals surface area contributed by atoms with Crippen LogP contribution in [0.15, 0.2) is 48.5 Å². The summed E-state index contributed by atoms with van der Waals surface area (Å²) in [6, 6.07) is 16.2. The fourth-order valence-corrected chi connectivity index (χ4v) is 3.57. The summed E-state index contributed by atoms with van der Waals surface area (Å²) in [7, 11) is 0. The van der Waals surface area contributed by atoms with Crippen molar-refractivity contribution in [3.05, 3.63) is 70.9 Å².